The summed E-state index contributed by atoms with van der Waals surface area (Å²) in [6, 6.07) is 9.54. The second-order valence-electron chi connectivity index (χ2n) is 6.02. The molecule has 2 heterocycles. The first-order chi connectivity index (χ1) is 13.5. The van der Waals surface area contributed by atoms with Crippen molar-refractivity contribution in [1.29, 1.82) is 0 Å². The highest BCUT2D eigenvalue weighted by molar-refractivity contribution is 8.26. The van der Waals surface area contributed by atoms with E-state index in [0.29, 0.717) is 22.2 Å². The number of pyridine rings is 1. The fourth-order valence-electron chi connectivity index (χ4n) is 2.78. The van der Waals surface area contributed by atoms with Crippen LogP contribution >= 0.6 is 24.0 Å². The van der Waals surface area contributed by atoms with Gasteiger partial charge in [-0.25, -0.2) is 0 Å². The highest BCUT2D eigenvalue weighted by Gasteiger charge is 2.31. The Morgan fingerprint density at radius 3 is 2.75 bits per heavy atom. The number of benzene rings is 1. The first kappa shape index (κ1) is 20.0. The Labute approximate surface area is 172 Å². The van der Waals surface area contributed by atoms with Crippen LogP contribution < -0.4 is 4.74 Å². The molecule has 8 heteroatoms. The minimum absolute atomic E-state index is 0.000328. The summed E-state index contributed by atoms with van der Waals surface area (Å²) in [7, 11) is 1.62. The Morgan fingerprint density at radius 1 is 1.32 bits per heavy atom. The lowest BCUT2D eigenvalue weighted by Gasteiger charge is -2.13. The Bertz CT molecular complexity index is 941. The van der Waals surface area contributed by atoms with Gasteiger partial charge < -0.3 is 9.84 Å². The molecule has 0 unspecified atom stereocenters. The van der Waals surface area contributed by atoms with Gasteiger partial charge in [0.2, 0.25) is 0 Å². The summed E-state index contributed by atoms with van der Waals surface area (Å²) in [4.78, 5) is 29.5. The molecule has 28 heavy (non-hydrogen) atoms. The van der Waals surface area contributed by atoms with E-state index >= 15 is 0 Å². The normalized spacial score (nSPS) is 15.3. The molecule has 1 saturated heterocycles. The minimum Gasteiger partial charge on any atom is -0.497 e. The summed E-state index contributed by atoms with van der Waals surface area (Å²) < 4.78 is 5.64. The topological polar surface area (TPSA) is 79.7 Å². The second kappa shape index (κ2) is 8.99. The largest absolute Gasteiger partial charge is 0.497 e. The molecule has 3 rings (SSSR count). The van der Waals surface area contributed by atoms with Gasteiger partial charge in [-0.2, -0.15) is 0 Å². The third-order valence-electron chi connectivity index (χ3n) is 4.19. The monoisotopic (exact) mass is 414 g/mol. The van der Waals surface area contributed by atoms with Gasteiger partial charge in [0, 0.05) is 30.9 Å². The third-order valence-corrected chi connectivity index (χ3v) is 5.56. The lowest BCUT2D eigenvalue weighted by molar-refractivity contribution is -0.137. The molecule has 0 bridgehead atoms. The summed E-state index contributed by atoms with van der Waals surface area (Å²) in [6.07, 6.45) is 5.55. The van der Waals surface area contributed by atoms with Gasteiger partial charge >= 0.3 is 5.97 Å². The minimum atomic E-state index is -0.888. The van der Waals surface area contributed by atoms with Crippen LogP contribution in [0.1, 0.15) is 18.4 Å². The lowest BCUT2D eigenvalue weighted by Crippen LogP contribution is -2.29. The number of methoxy groups -OCH3 is 1. The zero-order valence-electron chi connectivity index (χ0n) is 15.1. The number of carbonyl (C=O) groups excluding carboxylic acids is 1. The van der Waals surface area contributed by atoms with Gasteiger partial charge in [0.15, 0.2) is 0 Å². The lowest BCUT2D eigenvalue weighted by atomic mass is 10.0. The number of hydrogen-bond donors (Lipinski definition) is 1. The SMILES string of the molecule is COc1ccc(-c2ccncc2/C=C2\SC(=S)N(CCCC(=O)O)C2=O)cc1. The van der Waals surface area contributed by atoms with Gasteiger partial charge in [-0.15, -0.1) is 0 Å². The number of amides is 1. The molecule has 1 aromatic carbocycles. The number of hydrogen-bond acceptors (Lipinski definition) is 6. The number of carbonyl (C=O) groups is 2. The van der Waals surface area contributed by atoms with Gasteiger partial charge in [0.25, 0.3) is 5.91 Å². The van der Waals surface area contributed by atoms with Crippen LogP contribution in [0.5, 0.6) is 5.75 Å². The fourth-order valence-corrected chi connectivity index (χ4v) is 4.08. The molecule has 0 atom stereocenters. The maximum Gasteiger partial charge on any atom is 0.303 e. The Hall–Kier alpha value is -2.71. The zero-order chi connectivity index (χ0) is 20.1. The van der Waals surface area contributed by atoms with E-state index in [4.69, 9.17) is 22.1 Å². The number of aliphatic carboxylic acids is 1. The molecule has 1 aliphatic heterocycles. The van der Waals surface area contributed by atoms with Crippen LogP contribution in [0.4, 0.5) is 0 Å². The molecule has 144 valence electrons. The van der Waals surface area contributed by atoms with E-state index in [1.807, 2.05) is 30.3 Å². The predicted octanol–water partition coefficient (Wildman–Crippen LogP) is 3.82. The predicted molar refractivity (Wildman–Crippen MR) is 113 cm³/mol. The second-order valence-corrected chi connectivity index (χ2v) is 7.70. The van der Waals surface area contributed by atoms with Crippen molar-refractivity contribution in [2.45, 2.75) is 12.8 Å². The Balaban J connectivity index is 1.84. The molecule has 1 amide bonds. The Kier molecular flexibility index (Phi) is 6.43. The van der Waals surface area contributed by atoms with Crippen molar-refractivity contribution in [2.24, 2.45) is 0 Å². The number of ether oxygens (including phenoxy) is 1. The van der Waals surface area contributed by atoms with E-state index in [1.54, 1.807) is 25.6 Å². The van der Waals surface area contributed by atoms with Crippen LogP contribution in [0.2, 0.25) is 0 Å². The molecule has 2 aromatic rings. The van der Waals surface area contributed by atoms with Crippen LogP contribution in [0.25, 0.3) is 17.2 Å². The van der Waals surface area contributed by atoms with Crippen LogP contribution in [0.3, 0.4) is 0 Å². The summed E-state index contributed by atoms with van der Waals surface area (Å²) in [5, 5.41) is 8.77. The highest BCUT2D eigenvalue weighted by Crippen LogP contribution is 2.35. The van der Waals surface area contributed by atoms with Crippen LogP contribution in [0, 0.1) is 0 Å². The molecule has 6 nitrogen and oxygen atoms in total. The smallest absolute Gasteiger partial charge is 0.303 e. The molecule has 1 N–H and O–H groups in total. The highest BCUT2D eigenvalue weighted by atomic mass is 32.2. The van der Waals surface area contributed by atoms with Crippen LogP contribution in [0.15, 0.2) is 47.6 Å². The maximum atomic E-state index is 12.7. The van der Waals surface area contributed by atoms with E-state index in [2.05, 4.69) is 4.98 Å². The number of thioether (sulfide) groups is 1. The number of carboxylic acid groups (broad SMARTS) is 1. The van der Waals surface area contributed by atoms with Gasteiger partial charge in [-0.3, -0.25) is 19.5 Å². The summed E-state index contributed by atoms with van der Waals surface area (Å²) in [6.45, 7) is 0.298. The molecular formula is C20H18N2O4S2. The van der Waals surface area contributed by atoms with E-state index < -0.39 is 5.97 Å². The van der Waals surface area contributed by atoms with Gasteiger partial charge in [0.1, 0.15) is 10.1 Å². The van der Waals surface area contributed by atoms with Gasteiger partial charge in [-0.05, 0) is 41.8 Å². The van der Waals surface area contributed by atoms with Gasteiger partial charge in [0.05, 0.1) is 12.0 Å². The van der Waals surface area contributed by atoms with Crippen LogP contribution in [-0.4, -0.2) is 44.8 Å². The first-order valence-corrected chi connectivity index (χ1v) is 9.77. The number of thiocarbonyl (C=S) groups is 1. The van der Waals surface area contributed by atoms with Crippen molar-refractivity contribution >= 4 is 46.3 Å². The van der Waals surface area contributed by atoms with E-state index in [1.165, 1.54) is 16.7 Å². The quantitative estimate of drug-likeness (QED) is 0.545. The summed E-state index contributed by atoms with van der Waals surface area (Å²) in [5.41, 5.74) is 2.72. The number of aromatic nitrogens is 1. The third kappa shape index (κ3) is 4.58. The zero-order valence-corrected chi connectivity index (χ0v) is 16.8. The average molecular weight is 415 g/mol. The van der Waals surface area contributed by atoms with Crippen LogP contribution in [-0.2, 0) is 9.59 Å². The van der Waals surface area contributed by atoms with Crippen molar-refractivity contribution in [1.82, 2.24) is 9.88 Å². The Morgan fingerprint density at radius 2 is 2.07 bits per heavy atom. The molecule has 0 aliphatic carbocycles. The summed E-state index contributed by atoms with van der Waals surface area (Å²) >= 11 is 6.51. The standard InChI is InChI=1S/C20H18N2O4S2/c1-26-15-6-4-13(5-7-15)16-8-9-21-12-14(16)11-17-19(25)22(20(27)28-17)10-2-3-18(23)24/h4-9,11-12H,2-3,10H2,1H3,(H,23,24)/b17-11-. The molecule has 1 aromatic heterocycles. The molecule has 0 radical (unpaired) electrons. The maximum absolute atomic E-state index is 12.7. The van der Waals surface area contributed by atoms with Crippen molar-refractivity contribution in [3.8, 4) is 16.9 Å². The van der Waals surface area contributed by atoms with Crippen molar-refractivity contribution in [3.05, 3.63) is 53.2 Å². The first-order valence-electron chi connectivity index (χ1n) is 8.55. The molecule has 1 aliphatic rings. The fraction of sp³-hybridized carbons (Fsp3) is 0.200. The van der Waals surface area contributed by atoms with E-state index in [0.717, 1.165) is 22.4 Å². The molecular weight excluding hydrogens is 396 g/mol. The number of carboxylic acids is 1. The van der Waals surface area contributed by atoms with Crippen molar-refractivity contribution < 1.29 is 19.4 Å². The molecule has 1 fully saturated rings. The molecule has 0 saturated carbocycles. The summed E-state index contributed by atoms with van der Waals surface area (Å²) in [5.74, 6) is -0.327. The number of nitrogens with zero attached hydrogens (tertiary/aromatic N) is 2. The van der Waals surface area contributed by atoms with Gasteiger partial charge in [-0.1, -0.05) is 36.1 Å². The van der Waals surface area contributed by atoms with Crippen molar-refractivity contribution in [3.63, 3.8) is 0 Å². The average Bonchev–Trinajstić information content (AvgIpc) is 2.95. The van der Waals surface area contributed by atoms with E-state index in [9.17, 15) is 9.59 Å². The van der Waals surface area contributed by atoms with Crippen molar-refractivity contribution in [2.75, 3.05) is 13.7 Å². The number of rotatable bonds is 7. The molecule has 0 spiro atoms. The van der Waals surface area contributed by atoms with E-state index in [-0.39, 0.29) is 12.3 Å².